The van der Waals surface area contributed by atoms with Crippen LogP contribution in [0.2, 0.25) is 0 Å². The van der Waals surface area contributed by atoms with Crippen molar-refractivity contribution >= 4 is 11.3 Å². The molecule has 0 aromatic carbocycles. The van der Waals surface area contributed by atoms with Gasteiger partial charge in [0.15, 0.2) is 0 Å². The van der Waals surface area contributed by atoms with Gasteiger partial charge in [-0.15, -0.1) is 0 Å². The highest BCUT2D eigenvalue weighted by Crippen LogP contribution is 2.26. The van der Waals surface area contributed by atoms with E-state index in [9.17, 15) is 0 Å². The van der Waals surface area contributed by atoms with E-state index in [1.165, 1.54) is 24.3 Å². The van der Waals surface area contributed by atoms with Crippen LogP contribution < -0.4 is 16.3 Å². The summed E-state index contributed by atoms with van der Waals surface area (Å²) >= 11 is 0. The van der Waals surface area contributed by atoms with E-state index >= 15 is 0 Å². The highest BCUT2D eigenvalue weighted by Gasteiger charge is 2.18. The maximum atomic E-state index is 6.43. The first-order valence-corrected chi connectivity index (χ1v) is 10.0. The fourth-order valence-corrected chi connectivity index (χ4v) is 3.42. The van der Waals surface area contributed by atoms with Gasteiger partial charge in [0.05, 0.1) is 35.1 Å². The van der Waals surface area contributed by atoms with Gasteiger partial charge in [0.2, 0.25) is 0 Å². The van der Waals surface area contributed by atoms with Crippen LogP contribution in [0, 0.1) is 6.92 Å². The Kier molecular flexibility index (Phi) is 6.53. The molecular weight excluding hydrogens is 366 g/mol. The molecule has 8 heteroatoms. The molecule has 0 spiro atoms. The van der Waals surface area contributed by atoms with Gasteiger partial charge in [-0.05, 0) is 57.2 Å². The molecule has 1 saturated carbocycles. The normalized spacial score (nSPS) is 15.7. The second-order valence-corrected chi connectivity index (χ2v) is 7.67. The molecule has 0 atom stereocenters. The Labute approximate surface area is 172 Å². The average molecular weight is 398 g/mol. The fraction of sp³-hybridized carbons (Fsp3) is 0.476. The lowest BCUT2D eigenvalue weighted by molar-refractivity contribution is 0.153. The van der Waals surface area contributed by atoms with Crippen LogP contribution in [-0.4, -0.2) is 38.1 Å². The van der Waals surface area contributed by atoms with E-state index in [-0.39, 0.29) is 6.10 Å². The predicted octanol–water partition coefficient (Wildman–Crippen LogP) is 2.86. The van der Waals surface area contributed by atoms with Gasteiger partial charge in [0.25, 0.3) is 0 Å². The second-order valence-electron chi connectivity index (χ2n) is 7.67. The Morgan fingerprint density at radius 2 is 2.00 bits per heavy atom. The lowest BCUT2D eigenvalue weighted by Gasteiger charge is -2.24. The molecule has 0 radical (unpaired) electrons. The van der Waals surface area contributed by atoms with Gasteiger partial charge in [0.1, 0.15) is 18.0 Å². The number of hydrazine groups is 1. The number of pyridine rings is 1. The Bertz CT molecular complexity index is 894. The molecule has 0 unspecified atom stereocenters. The minimum atomic E-state index is 0.280. The van der Waals surface area contributed by atoms with Crippen LogP contribution >= 0.6 is 0 Å². The number of ether oxygens (including phenoxy) is 1. The van der Waals surface area contributed by atoms with Crippen LogP contribution in [0.5, 0.6) is 5.75 Å². The van der Waals surface area contributed by atoms with Crippen molar-refractivity contribution in [2.24, 2.45) is 11.6 Å². The van der Waals surface area contributed by atoms with Gasteiger partial charge >= 0.3 is 0 Å². The molecule has 8 nitrogen and oxygen atoms in total. The zero-order valence-corrected chi connectivity index (χ0v) is 17.6. The van der Waals surface area contributed by atoms with Gasteiger partial charge in [-0.3, -0.25) is 0 Å². The number of likely N-dealkylation sites (N-methyl/N-ethyl adjacent to an activating group) is 1. The van der Waals surface area contributed by atoms with E-state index in [1.807, 2.05) is 26.0 Å². The first kappa shape index (κ1) is 20.9. The summed E-state index contributed by atoms with van der Waals surface area (Å²) in [6.45, 7) is 8.04. The molecule has 1 aliphatic carbocycles. The van der Waals surface area contributed by atoms with Crippen LogP contribution in [-0.2, 0) is 6.54 Å². The van der Waals surface area contributed by atoms with E-state index in [1.54, 1.807) is 18.0 Å². The third-order valence-corrected chi connectivity index (χ3v) is 5.16. The van der Waals surface area contributed by atoms with Gasteiger partial charge in [-0.25, -0.2) is 10.8 Å². The summed E-state index contributed by atoms with van der Waals surface area (Å²) in [4.78, 5) is 6.21. The Hall–Kier alpha value is -2.87. The highest BCUT2D eigenvalue weighted by atomic mass is 16.5. The smallest absolute Gasteiger partial charge is 0.140 e. The number of hydrogen-bond donors (Lipinski definition) is 2. The van der Waals surface area contributed by atoms with E-state index in [0.717, 1.165) is 35.6 Å². The van der Waals surface area contributed by atoms with Gasteiger partial charge in [-0.1, -0.05) is 13.0 Å². The number of allylic oxidation sites excluding steroid dienone is 2. The molecule has 2 aromatic heterocycles. The standard InChI is InChI=1S/C21H31N7O/c1-14(2)18-12-24-28(26-18)13-19(27(4)23)21(22)17-10-11-20(15(3)25-17)29-16-8-6-5-7-9-16/h10-12,16H,1,5-9,13,22-23H2,2-4H3/b21-19-. The minimum Gasteiger partial charge on any atom is -0.489 e. The molecule has 29 heavy (non-hydrogen) atoms. The molecule has 156 valence electrons. The molecule has 0 saturated heterocycles. The molecule has 0 amide bonds. The third-order valence-electron chi connectivity index (χ3n) is 5.16. The van der Waals surface area contributed by atoms with E-state index in [4.69, 9.17) is 16.3 Å². The summed E-state index contributed by atoms with van der Waals surface area (Å²) in [5.41, 5.74) is 10.6. The molecule has 1 aliphatic rings. The molecule has 0 aliphatic heterocycles. The van der Waals surface area contributed by atoms with Crippen LogP contribution in [0.1, 0.15) is 56.1 Å². The van der Waals surface area contributed by atoms with Crippen molar-refractivity contribution in [3.8, 4) is 5.75 Å². The van der Waals surface area contributed by atoms with E-state index in [2.05, 4.69) is 21.8 Å². The van der Waals surface area contributed by atoms with Crippen molar-refractivity contribution in [2.45, 2.75) is 58.6 Å². The molecule has 0 bridgehead atoms. The molecule has 2 aromatic rings. The first-order chi connectivity index (χ1) is 13.8. The summed E-state index contributed by atoms with van der Waals surface area (Å²) in [5, 5.41) is 10.1. The van der Waals surface area contributed by atoms with Gasteiger partial charge in [0, 0.05) is 7.05 Å². The Balaban J connectivity index is 1.81. The Morgan fingerprint density at radius 1 is 1.28 bits per heavy atom. The second kappa shape index (κ2) is 9.09. The van der Waals surface area contributed by atoms with Crippen LogP contribution in [0.15, 0.2) is 30.6 Å². The summed E-state index contributed by atoms with van der Waals surface area (Å²) in [6.07, 6.45) is 7.92. The maximum absolute atomic E-state index is 6.43. The van der Waals surface area contributed by atoms with Crippen molar-refractivity contribution in [1.29, 1.82) is 0 Å². The molecule has 3 rings (SSSR count). The van der Waals surface area contributed by atoms with Crippen LogP contribution in [0.25, 0.3) is 11.3 Å². The summed E-state index contributed by atoms with van der Waals surface area (Å²) in [6, 6.07) is 3.82. The van der Waals surface area contributed by atoms with Crippen molar-refractivity contribution in [2.75, 3.05) is 7.05 Å². The number of aromatic nitrogens is 4. The van der Waals surface area contributed by atoms with Crippen molar-refractivity contribution in [3.05, 3.63) is 47.7 Å². The van der Waals surface area contributed by atoms with Gasteiger partial charge < -0.3 is 15.5 Å². The predicted molar refractivity (Wildman–Crippen MR) is 114 cm³/mol. The lowest BCUT2D eigenvalue weighted by atomic mass is 9.98. The first-order valence-electron chi connectivity index (χ1n) is 10.0. The van der Waals surface area contributed by atoms with Crippen LogP contribution in [0.3, 0.4) is 0 Å². The monoisotopic (exact) mass is 397 g/mol. The minimum absolute atomic E-state index is 0.280. The van der Waals surface area contributed by atoms with E-state index < -0.39 is 0 Å². The Morgan fingerprint density at radius 3 is 2.59 bits per heavy atom. The summed E-state index contributed by atoms with van der Waals surface area (Å²) < 4.78 is 6.16. The zero-order valence-electron chi connectivity index (χ0n) is 17.6. The number of nitrogens with two attached hydrogens (primary N) is 2. The summed E-state index contributed by atoms with van der Waals surface area (Å²) in [7, 11) is 1.73. The number of aryl methyl sites for hydroxylation is 1. The SMILES string of the molecule is C=C(C)c1cnn(C/C(=C(/N)c2ccc(OC3CCCCC3)c(C)n2)N(C)N)n1. The fourth-order valence-electron chi connectivity index (χ4n) is 3.42. The highest BCUT2D eigenvalue weighted by molar-refractivity contribution is 5.63. The average Bonchev–Trinajstić information content (AvgIpc) is 3.17. The van der Waals surface area contributed by atoms with E-state index in [0.29, 0.717) is 23.6 Å². The van der Waals surface area contributed by atoms with Crippen LogP contribution in [0.4, 0.5) is 0 Å². The molecule has 4 N–H and O–H groups in total. The quantitative estimate of drug-likeness (QED) is 0.546. The number of nitrogens with zero attached hydrogens (tertiary/aromatic N) is 5. The molecule has 1 fully saturated rings. The topological polar surface area (TPSA) is 108 Å². The van der Waals surface area contributed by atoms with Crippen molar-refractivity contribution in [1.82, 2.24) is 25.0 Å². The molecule has 2 heterocycles. The lowest BCUT2D eigenvalue weighted by Crippen LogP contribution is -2.31. The maximum Gasteiger partial charge on any atom is 0.140 e. The van der Waals surface area contributed by atoms with Gasteiger partial charge in [-0.2, -0.15) is 15.0 Å². The number of rotatable bonds is 7. The van der Waals surface area contributed by atoms with Crippen molar-refractivity contribution < 1.29 is 4.74 Å². The number of hydrogen-bond acceptors (Lipinski definition) is 7. The third kappa shape index (κ3) is 5.14. The molecular formula is C21H31N7O. The largest absolute Gasteiger partial charge is 0.489 e. The van der Waals surface area contributed by atoms with Crippen molar-refractivity contribution in [3.63, 3.8) is 0 Å². The summed E-state index contributed by atoms with van der Waals surface area (Å²) in [5.74, 6) is 6.85. The zero-order chi connectivity index (χ0) is 21.0.